The van der Waals surface area contributed by atoms with Gasteiger partial charge < -0.3 is 19.8 Å². The van der Waals surface area contributed by atoms with Gasteiger partial charge in [-0.3, -0.25) is 4.79 Å². The van der Waals surface area contributed by atoms with Crippen LogP contribution < -0.4 is 10.9 Å². The highest BCUT2D eigenvalue weighted by Gasteiger charge is 2.35. The van der Waals surface area contributed by atoms with E-state index in [9.17, 15) is 9.90 Å². The largest absolute Gasteiger partial charge is 0.382 e. The van der Waals surface area contributed by atoms with Crippen molar-refractivity contribution in [3.63, 3.8) is 0 Å². The van der Waals surface area contributed by atoms with Gasteiger partial charge in [-0.25, -0.2) is 0 Å². The van der Waals surface area contributed by atoms with Crippen LogP contribution in [0.25, 0.3) is 16.8 Å². The monoisotopic (exact) mass is 317 g/mol. The molecule has 114 valence electrons. The van der Waals surface area contributed by atoms with Gasteiger partial charge in [0.1, 0.15) is 11.1 Å². The van der Waals surface area contributed by atoms with Crippen molar-refractivity contribution in [2.24, 2.45) is 0 Å². The number of nitrogens with one attached hydrogen (secondary N) is 2. The highest BCUT2D eigenvalue weighted by molar-refractivity contribution is 5.85. The van der Waals surface area contributed by atoms with E-state index >= 15 is 0 Å². The summed E-state index contributed by atoms with van der Waals surface area (Å²) in [6, 6.07) is 11.3. The molecule has 0 amide bonds. The molecule has 0 radical (unpaired) electrons. The summed E-state index contributed by atoms with van der Waals surface area (Å²) in [4.78, 5) is 14.9. The predicted molar refractivity (Wildman–Crippen MR) is 87.5 cm³/mol. The summed E-state index contributed by atoms with van der Waals surface area (Å²) in [5.74, 6) is 0. The Kier molecular flexibility index (Phi) is 3.56. The minimum atomic E-state index is -0.754. The first kappa shape index (κ1) is 14.8. The van der Waals surface area contributed by atoms with Gasteiger partial charge in [0.25, 0.3) is 5.56 Å². The highest BCUT2D eigenvalue weighted by Crippen LogP contribution is 2.27. The molecule has 0 saturated carbocycles. The minimum absolute atomic E-state index is 0. The molecular weight excluding hydrogens is 302 g/mol. The zero-order valence-electron chi connectivity index (χ0n) is 11.7. The lowest BCUT2D eigenvalue weighted by molar-refractivity contribution is -0.0146. The number of aromatic amines is 1. The molecule has 3 heterocycles. The van der Waals surface area contributed by atoms with Crippen LogP contribution in [0.15, 0.2) is 53.6 Å². The molecule has 2 aromatic heterocycles. The van der Waals surface area contributed by atoms with Gasteiger partial charge in [-0.2, -0.15) is 0 Å². The second kappa shape index (κ2) is 5.28. The molecule has 0 aliphatic carbocycles. The Labute approximate surface area is 133 Å². The van der Waals surface area contributed by atoms with Gasteiger partial charge in [0.15, 0.2) is 0 Å². The third-order valence-electron chi connectivity index (χ3n) is 4.10. The summed E-state index contributed by atoms with van der Waals surface area (Å²) < 4.78 is 1.81. The van der Waals surface area contributed by atoms with Gasteiger partial charge in [0, 0.05) is 25.5 Å². The van der Waals surface area contributed by atoms with Gasteiger partial charge in [-0.05, 0) is 23.3 Å². The molecule has 0 spiro atoms. The number of benzene rings is 1. The van der Waals surface area contributed by atoms with Crippen LogP contribution in [-0.2, 0) is 5.60 Å². The highest BCUT2D eigenvalue weighted by atomic mass is 35.5. The normalized spacial score (nSPS) is 16.0. The van der Waals surface area contributed by atoms with E-state index in [1.807, 2.05) is 47.1 Å². The minimum Gasteiger partial charge on any atom is -0.382 e. The Bertz CT molecular complexity index is 863. The fourth-order valence-electron chi connectivity index (χ4n) is 2.73. The number of β-amino-alcohol motifs (C(OH)–C–C–N with tert-alkyl or cyclic N) is 1. The number of H-pyrrole nitrogens is 1. The summed E-state index contributed by atoms with van der Waals surface area (Å²) in [7, 11) is 0. The molecule has 1 aliphatic heterocycles. The van der Waals surface area contributed by atoms with Gasteiger partial charge >= 0.3 is 0 Å². The molecular formula is C16H16ClN3O2. The smallest absolute Gasteiger partial charge is 0.272 e. The maximum atomic E-state index is 12.0. The summed E-state index contributed by atoms with van der Waals surface area (Å²) in [5, 5.41) is 13.3. The number of fused-ring (bicyclic) bond motifs is 1. The lowest BCUT2D eigenvalue weighted by Gasteiger charge is -2.38. The second-order valence-electron chi connectivity index (χ2n) is 5.51. The van der Waals surface area contributed by atoms with Crippen LogP contribution in [0, 0.1) is 0 Å². The van der Waals surface area contributed by atoms with E-state index in [2.05, 4.69) is 10.3 Å². The molecule has 0 unspecified atom stereocenters. The van der Waals surface area contributed by atoms with Crippen LogP contribution in [0.1, 0.15) is 5.56 Å². The topological polar surface area (TPSA) is 69.5 Å². The van der Waals surface area contributed by atoms with Crippen molar-refractivity contribution in [2.45, 2.75) is 5.60 Å². The SMILES string of the molecule is Cl.O=c1[nH]c(-c2ccc(C3(O)CNC3)cc2)cn2cccc12. The summed E-state index contributed by atoms with van der Waals surface area (Å²) in [6.07, 6.45) is 3.75. The van der Waals surface area contributed by atoms with Crippen molar-refractivity contribution >= 4 is 17.9 Å². The lowest BCUT2D eigenvalue weighted by atomic mass is 9.87. The Morgan fingerprint density at radius 2 is 1.86 bits per heavy atom. The Balaban J connectivity index is 0.00000144. The lowest BCUT2D eigenvalue weighted by Crippen LogP contribution is -2.56. The number of aromatic nitrogens is 2. The molecule has 22 heavy (non-hydrogen) atoms. The first-order valence-corrected chi connectivity index (χ1v) is 6.90. The van der Waals surface area contributed by atoms with Crippen molar-refractivity contribution in [1.82, 2.24) is 14.7 Å². The molecule has 6 heteroatoms. The Morgan fingerprint density at radius 3 is 2.50 bits per heavy atom. The first-order chi connectivity index (χ1) is 10.2. The molecule has 3 aromatic rings. The fraction of sp³-hybridized carbons (Fsp3) is 0.188. The van der Waals surface area contributed by atoms with E-state index in [4.69, 9.17) is 0 Å². The average molecular weight is 318 g/mol. The summed E-state index contributed by atoms with van der Waals surface area (Å²) in [5.41, 5.74) is 2.34. The van der Waals surface area contributed by atoms with Crippen molar-refractivity contribution in [1.29, 1.82) is 0 Å². The van der Waals surface area contributed by atoms with Gasteiger partial charge in [0.2, 0.25) is 0 Å². The van der Waals surface area contributed by atoms with Crippen molar-refractivity contribution in [2.75, 3.05) is 13.1 Å². The van der Waals surface area contributed by atoms with E-state index < -0.39 is 5.60 Å². The standard InChI is InChI=1S/C16H15N3O2.ClH/c20-15-14-2-1-7-19(14)8-13(18-15)11-3-5-12(6-4-11)16(21)9-17-10-16;/h1-8,17,21H,9-10H2,(H,18,20);1H. The Hall–Kier alpha value is -2.08. The molecule has 5 nitrogen and oxygen atoms in total. The molecule has 1 aromatic carbocycles. The fourth-order valence-corrected chi connectivity index (χ4v) is 2.73. The van der Waals surface area contributed by atoms with Crippen LogP contribution in [0.4, 0.5) is 0 Å². The van der Waals surface area contributed by atoms with Crippen LogP contribution in [-0.4, -0.2) is 27.6 Å². The molecule has 1 fully saturated rings. The average Bonchev–Trinajstić information content (AvgIpc) is 2.94. The number of nitrogens with zero attached hydrogens (tertiary/aromatic N) is 1. The maximum absolute atomic E-state index is 12.0. The van der Waals surface area contributed by atoms with E-state index in [1.165, 1.54) is 0 Å². The second-order valence-corrected chi connectivity index (χ2v) is 5.51. The van der Waals surface area contributed by atoms with Gasteiger partial charge in [0.05, 0.1) is 5.69 Å². The van der Waals surface area contributed by atoms with Gasteiger partial charge in [-0.1, -0.05) is 24.3 Å². The van der Waals surface area contributed by atoms with Crippen LogP contribution >= 0.6 is 12.4 Å². The van der Waals surface area contributed by atoms with Crippen molar-refractivity contribution in [3.8, 4) is 11.3 Å². The number of hydrogen-bond acceptors (Lipinski definition) is 3. The third-order valence-corrected chi connectivity index (χ3v) is 4.10. The molecule has 4 rings (SSSR count). The van der Waals surface area contributed by atoms with E-state index in [0.29, 0.717) is 18.6 Å². The predicted octanol–water partition coefficient (Wildman–Crippen LogP) is 1.51. The molecule has 1 aliphatic rings. The first-order valence-electron chi connectivity index (χ1n) is 6.90. The summed E-state index contributed by atoms with van der Waals surface area (Å²) in [6.45, 7) is 1.16. The number of rotatable bonds is 2. The van der Waals surface area contributed by atoms with Crippen LogP contribution in [0.5, 0.6) is 0 Å². The maximum Gasteiger partial charge on any atom is 0.272 e. The quantitative estimate of drug-likeness (QED) is 0.671. The van der Waals surface area contributed by atoms with Gasteiger partial charge in [-0.15, -0.1) is 12.4 Å². The van der Waals surface area contributed by atoms with E-state index in [1.54, 1.807) is 6.07 Å². The van der Waals surface area contributed by atoms with E-state index in [-0.39, 0.29) is 18.0 Å². The number of hydrogen-bond donors (Lipinski definition) is 3. The van der Waals surface area contributed by atoms with Crippen LogP contribution in [0.2, 0.25) is 0 Å². The summed E-state index contributed by atoms with van der Waals surface area (Å²) >= 11 is 0. The third kappa shape index (κ3) is 2.23. The molecule has 1 saturated heterocycles. The zero-order valence-corrected chi connectivity index (χ0v) is 12.6. The van der Waals surface area contributed by atoms with E-state index in [0.717, 1.165) is 16.8 Å². The van der Waals surface area contributed by atoms with Crippen LogP contribution in [0.3, 0.4) is 0 Å². The molecule has 0 bridgehead atoms. The number of aliphatic hydroxyl groups is 1. The van der Waals surface area contributed by atoms with Crippen molar-refractivity contribution in [3.05, 3.63) is 64.7 Å². The number of halogens is 1. The molecule has 0 atom stereocenters. The molecule has 3 N–H and O–H groups in total. The van der Waals surface area contributed by atoms with Crippen molar-refractivity contribution < 1.29 is 5.11 Å². The zero-order chi connectivity index (χ0) is 14.4. The Morgan fingerprint density at radius 1 is 1.14 bits per heavy atom.